The highest BCUT2D eigenvalue weighted by Crippen LogP contribution is 2.19. The molecule has 18 heavy (non-hydrogen) atoms. The molecule has 0 aliphatic heterocycles. The molecule has 0 saturated heterocycles. The average molecular weight is 279 g/mol. The summed E-state index contributed by atoms with van der Waals surface area (Å²) >= 11 is 0. The molecule has 0 aromatic carbocycles. The Labute approximate surface area is 101 Å². The quantitative estimate of drug-likeness (QED) is 0.833. The summed E-state index contributed by atoms with van der Waals surface area (Å²) in [5, 5.41) is 3.70. The number of nitrogens with zero attached hydrogens (tertiary/aromatic N) is 3. The number of hydrogen-bond acceptors (Lipinski definition) is 3. The van der Waals surface area contributed by atoms with Crippen molar-refractivity contribution in [2.24, 2.45) is 0 Å². The van der Waals surface area contributed by atoms with Crippen molar-refractivity contribution in [3.8, 4) is 0 Å². The lowest BCUT2D eigenvalue weighted by molar-refractivity contribution is -0.0384. The summed E-state index contributed by atoms with van der Waals surface area (Å²) in [6.07, 6.45) is 2.91. The zero-order valence-corrected chi connectivity index (χ0v) is 9.74. The second kappa shape index (κ2) is 4.56. The highest BCUT2D eigenvalue weighted by molar-refractivity contribution is 7.85. The van der Waals surface area contributed by atoms with Crippen molar-refractivity contribution >= 4 is 16.3 Å². The lowest BCUT2D eigenvalue weighted by Crippen LogP contribution is -2.29. The molecule has 0 radical (unpaired) electrons. The van der Waals surface area contributed by atoms with Crippen molar-refractivity contribution in [3.05, 3.63) is 35.0 Å². The number of halogens is 3. The van der Waals surface area contributed by atoms with E-state index in [2.05, 4.69) is 5.10 Å². The lowest BCUT2D eigenvalue weighted by Gasteiger charge is -2.07. The summed E-state index contributed by atoms with van der Waals surface area (Å²) < 4.78 is 49.3. The van der Waals surface area contributed by atoms with Crippen LogP contribution in [0.1, 0.15) is 0 Å². The fourth-order valence-corrected chi connectivity index (χ4v) is 1.99. The molecule has 0 fully saturated rings. The van der Waals surface area contributed by atoms with Crippen LogP contribution in [0.25, 0.3) is 5.52 Å². The fourth-order valence-electron chi connectivity index (χ4n) is 1.42. The summed E-state index contributed by atoms with van der Waals surface area (Å²) in [6, 6.07) is 3.15. The van der Waals surface area contributed by atoms with Crippen LogP contribution in [0.4, 0.5) is 13.2 Å². The molecule has 0 aliphatic rings. The van der Waals surface area contributed by atoms with Gasteiger partial charge in [0.2, 0.25) is 0 Å². The Kier molecular flexibility index (Phi) is 3.24. The van der Waals surface area contributed by atoms with E-state index < -0.39 is 27.6 Å². The van der Waals surface area contributed by atoms with E-state index in [1.54, 1.807) is 12.3 Å². The Balaban J connectivity index is 2.20. The van der Waals surface area contributed by atoms with Gasteiger partial charge in [-0.25, -0.2) is 4.68 Å². The number of aryl methyl sites for hydroxylation is 1. The van der Waals surface area contributed by atoms with Crippen LogP contribution in [0, 0.1) is 0 Å². The molecule has 0 aliphatic carbocycles. The maximum atomic E-state index is 12.0. The van der Waals surface area contributed by atoms with Gasteiger partial charge in [-0.15, -0.1) is 0 Å². The number of alkyl halides is 3. The van der Waals surface area contributed by atoms with Crippen molar-refractivity contribution < 1.29 is 17.4 Å². The van der Waals surface area contributed by atoms with Gasteiger partial charge in [0.25, 0.3) is 5.56 Å². The molecule has 0 bridgehead atoms. The van der Waals surface area contributed by atoms with E-state index in [0.717, 1.165) is 4.68 Å². The van der Waals surface area contributed by atoms with Crippen molar-refractivity contribution in [1.29, 1.82) is 0 Å². The van der Waals surface area contributed by atoms with E-state index in [9.17, 15) is 22.2 Å². The van der Waals surface area contributed by atoms with Gasteiger partial charge in [-0.1, -0.05) is 0 Å². The van der Waals surface area contributed by atoms with E-state index in [1.165, 1.54) is 16.8 Å². The summed E-state index contributed by atoms with van der Waals surface area (Å²) in [7, 11) is -2.98. The highest BCUT2D eigenvalue weighted by Gasteiger charge is 2.36. The third kappa shape index (κ3) is 2.45. The van der Waals surface area contributed by atoms with Gasteiger partial charge in [-0.05, 0) is 12.1 Å². The van der Waals surface area contributed by atoms with E-state index in [1.807, 2.05) is 0 Å². The maximum absolute atomic E-state index is 12.0. The second-order valence-electron chi connectivity index (χ2n) is 3.46. The van der Waals surface area contributed by atoms with E-state index in [4.69, 9.17) is 0 Å². The first-order valence-corrected chi connectivity index (χ1v) is 6.19. The summed E-state index contributed by atoms with van der Waals surface area (Å²) in [6.45, 7) is -0.341. The van der Waals surface area contributed by atoms with Gasteiger partial charge in [-0.2, -0.15) is 18.3 Å². The topological polar surface area (TPSA) is 56.4 Å². The molecule has 0 spiro atoms. The van der Waals surface area contributed by atoms with E-state index >= 15 is 0 Å². The first-order valence-electron chi connectivity index (χ1n) is 4.87. The molecule has 0 N–H and O–H groups in total. The molecule has 2 heterocycles. The minimum absolute atomic E-state index is 0.308. The fraction of sp³-hybridized carbons (Fsp3) is 0.333. The molecular weight excluding hydrogens is 271 g/mol. The van der Waals surface area contributed by atoms with Crippen LogP contribution in [0.15, 0.2) is 29.5 Å². The molecule has 0 saturated carbocycles. The first kappa shape index (κ1) is 12.8. The van der Waals surface area contributed by atoms with Crippen molar-refractivity contribution in [3.63, 3.8) is 0 Å². The molecule has 5 nitrogen and oxygen atoms in total. The highest BCUT2D eigenvalue weighted by atomic mass is 32.2. The molecule has 1 atom stereocenters. The van der Waals surface area contributed by atoms with E-state index in [0.29, 0.717) is 5.52 Å². The zero-order valence-electron chi connectivity index (χ0n) is 8.92. The molecule has 0 amide bonds. The Morgan fingerprint density at radius 2 is 2.11 bits per heavy atom. The Morgan fingerprint density at radius 3 is 2.78 bits per heavy atom. The number of rotatable bonds is 3. The van der Waals surface area contributed by atoms with Gasteiger partial charge in [0.15, 0.2) is 0 Å². The SMILES string of the molecule is O=c1c2cccn2cnn1CCS(=O)C(F)(F)F. The molecule has 2 aromatic rings. The van der Waals surface area contributed by atoms with Crippen LogP contribution in [0.2, 0.25) is 0 Å². The zero-order chi connectivity index (χ0) is 13.3. The molecule has 1 unspecified atom stereocenters. The van der Waals surface area contributed by atoms with Crippen LogP contribution in [0.3, 0.4) is 0 Å². The van der Waals surface area contributed by atoms with Gasteiger partial charge in [0, 0.05) is 6.20 Å². The third-order valence-corrected chi connectivity index (χ3v) is 3.36. The molecular formula is C9H8F3N3O2S. The van der Waals surface area contributed by atoms with Crippen LogP contribution < -0.4 is 5.56 Å². The second-order valence-corrected chi connectivity index (χ2v) is 5.02. The minimum Gasteiger partial charge on any atom is -0.301 e. The number of aromatic nitrogens is 3. The average Bonchev–Trinajstić information content (AvgIpc) is 2.75. The predicted octanol–water partition coefficient (Wildman–Crippen LogP) is 0.764. The molecule has 2 aromatic heterocycles. The minimum atomic E-state index is -4.76. The Bertz CT molecular complexity index is 646. The van der Waals surface area contributed by atoms with Crippen molar-refractivity contribution in [1.82, 2.24) is 14.2 Å². The van der Waals surface area contributed by atoms with Crippen molar-refractivity contribution in [2.45, 2.75) is 12.1 Å². The van der Waals surface area contributed by atoms with Gasteiger partial charge in [0.05, 0.1) is 12.3 Å². The van der Waals surface area contributed by atoms with Crippen LogP contribution >= 0.6 is 0 Å². The monoisotopic (exact) mass is 279 g/mol. The Hall–Kier alpha value is -1.64. The van der Waals surface area contributed by atoms with Gasteiger partial charge < -0.3 is 4.40 Å². The number of fused-ring (bicyclic) bond motifs is 1. The molecule has 2 rings (SSSR count). The van der Waals surface area contributed by atoms with Crippen molar-refractivity contribution in [2.75, 3.05) is 5.75 Å². The standard InChI is InChI=1S/C9H8F3N3O2S/c10-9(11,12)18(17)5-4-15-8(16)7-2-1-3-14(7)6-13-15/h1-3,6H,4-5H2. The van der Waals surface area contributed by atoms with Gasteiger partial charge >= 0.3 is 5.51 Å². The van der Waals surface area contributed by atoms with Gasteiger partial charge in [-0.3, -0.25) is 9.00 Å². The smallest absolute Gasteiger partial charge is 0.301 e. The van der Waals surface area contributed by atoms with Crippen LogP contribution in [-0.4, -0.2) is 29.7 Å². The molecule has 98 valence electrons. The molecule has 9 heteroatoms. The van der Waals surface area contributed by atoms with Crippen LogP contribution in [-0.2, 0) is 17.3 Å². The first-order chi connectivity index (χ1) is 8.39. The summed E-state index contributed by atoms with van der Waals surface area (Å²) in [5.41, 5.74) is -4.97. The number of hydrogen-bond donors (Lipinski definition) is 0. The third-order valence-electron chi connectivity index (χ3n) is 2.29. The maximum Gasteiger partial charge on any atom is 0.471 e. The Morgan fingerprint density at radius 1 is 1.39 bits per heavy atom. The largest absolute Gasteiger partial charge is 0.471 e. The normalized spacial score (nSPS) is 13.9. The predicted molar refractivity (Wildman–Crippen MR) is 58.5 cm³/mol. The van der Waals surface area contributed by atoms with E-state index in [-0.39, 0.29) is 6.54 Å². The van der Waals surface area contributed by atoms with Crippen LogP contribution in [0.5, 0.6) is 0 Å². The summed E-state index contributed by atoms with van der Waals surface area (Å²) in [5.74, 6) is -0.687. The summed E-state index contributed by atoms with van der Waals surface area (Å²) in [4.78, 5) is 11.8. The lowest BCUT2D eigenvalue weighted by atomic mass is 10.5. The van der Waals surface area contributed by atoms with Gasteiger partial charge in [0.1, 0.15) is 22.6 Å².